The highest BCUT2D eigenvalue weighted by Crippen LogP contribution is 2.29. The SMILES string of the molecule is CSc1cccc(N2CC(C(=O)N(C)Cc3nc4ccccc4c(=O)[nH]3)CC2=O)c1. The van der Waals surface area contributed by atoms with Crippen LogP contribution in [0.2, 0.25) is 0 Å². The maximum atomic E-state index is 13.0. The predicted molar refractivity (Wildman–Crippen MR) is 118 cm³/mol. The fourth-order valence-electron chi connectivity index (χ4n) is 3.72. The summed E-state index contributed by atoms with van der Waals surface area (Å²) < 4.78 is 0. The minimum absolute atomic E-state index is 0.0581. The molecule has 1 aromatic heterocycles. The minimum atomic E-state index is -0.424. The molecule has 1 unspecified atom stereocenters. The quantitative estimate of drug-likeness (QED) is 0.639. The number of hydrogen-bond acceptors (Lipinski definition) is 5. The first-order valence-corrected chi connectivity index (χ1v) is 10.9. The number of nitrogens with one attached hydrogen (secondary N) is 1. The van der Waals surface area contributed by atoms with Crippen molar-refractivity contribution in [3.8, 4) is 0 Å². The number of thioether (sulfide) groups is 1. The summed E-state index contributed by atoms with van der Waals surface area (Å²) >= 11 is 1.61. The lowest BCUT2D eigenvalue weighted by Gasteiger charge is -2.21. The highest BCUT2D eigenvalue weighted by atomic mass is 32.2. The Hall–Kier alpha value is -3.13. The van der Waals surface area contributed by atoms with Gasteiger partial charge in [-0.25, -0.2) is 4.98 Å². The van der Waals surface area contributed by atoms with Gasteiger partial charge in [0.05, 0.1) is 23.4 Å². The Bertz CT molecular complexity index is 1180. The van der Waals surface area contributed by atoms with E-state index in [1.807, 2.05) is 36.6 Å². The third kappa shape index (κ3) is 3.95. The van der Waals surface area contributed by atoms with E-state index in [0.29, 0.717) is 23.3 Å². The molecule has 2 aromatic carbocycles. The third-order valence-corrected chi connectivity index (χ3v) is 5.99. The fraction of sp³-hybridized carbons (Fsp3) is 0.273. The first kappa shape index (κ1) is 20.2. The third-order valence-electron chi connectivity index (χ3n) is 5.26. The average molecular weight is 423 g/mol. The van der Waals surface area contributed by atoms with Gasteiger partial charge < -0.3 is 14.8 Å². The van der Waals surface area contributed by atoms with Crippen LogP contribution in [0, 0.1) is 5.92 Å². The van der Waals surface area contributed by atoms with Gasteiger partial charge in [-0.2, -0.15) is 0 Å². The molecule has 1 aliphatic heterocycles. The van der Waals surface area contributed by atoms with Crippen LogP contribution in [0.5, 0.6) is 0 Å². The molecule has 2 heterocycles. The first-order chi connectivity index (χ1) is 14.5. The summed E-state index contributed by atoms with van der Waals surface area (Å²) in [4.78, 5) is 49.2. The average Bonchev–Trinajstić information content (AvgIpc) is 3.14. The van der Waals surface area contributed by atoms with Crippen molar-refractivity contribution in [2.75, 3.05) is 24.7 Å². The second kappa shape index (κ2) is 8.31. The van der Waals surface area contributed by atoms with E-state index in [9.17, 15) is 14.4 Å². The Morgan fingerprint density at radius 1 is 1.23 bits per heavy atom. The summed E-state index contributed by atoms with van der Waals surface area (Å²) in [5.41, 5.74) is 1.17. The zero-order valence-corrected chi connectivity index (χ0v) is 17.6. The molecular weight excluding hydrogens is 400 g/mol. The van der Waals surface area contributed by atoms with Crippen molar-refractivity contribution >= 4 is 40.2 Å². The first-order valence-electron chi connectivity index (χ1n) is 9.63. The zero-order chi connectivity index (χ0) is 21.3. The molecule has 154 valence electrons. The van der Waals surface area contributed by atoms with Gasteiger partial charge in [0.15, 0.2) is 0 Å². The number of H-pyrrole nitrogens is 1. The Morgan fingerprint density at radius 2 is 2.03 bits per heavy atom. The Balaban J connectivity index is 1.48. The number of aromatic nitrogens is 2. The van der Waals surface area contributed by atoms with Crippen LogP contribution in [0.25, 0.3) is 10.9 Å². The van der Waals surface area contributed by atoms with Gasteiger partial charge in [-0.15, -0.1) is 11.8 Å². The topological polar surface area (TPSA) is 86.4 Å². The largest absolute Gasteiger partial charge is 0.338 e. The molecule has 30 heavy (non-hydrogen) atoms. The summed E-state index contributed by atoms with van der Waals surface area (Å²) in [5, 5.41) is 0.514. The van der Waals surface area contributed by atoms with Crippen molar-refractivity contribution < 1.29 is 9.59 Å². The molecule has 8 heteroatoms. The smallest absolute Gasteiger partial charge is 0.258 e. The summed E-state index contributed by atoms with van der Waals surface area (Å²) in [5.74, 6) is -0.198. The maximum Gasteiger partial charge on any atom is 0.258 e. The van der Waals surface area contributed by atoms with E-state index in [2.05, 4.69) is 9.97 Å². The number of carbonyl (C=O) groups is 2. The van der Waals surface area contributed by atoms with Crippen LogP contribution in [-0.4, -0.2) is 46.5 Å². The van der Waals surface area contributed by atoms with E-state index in [0.717, 1.165) is 10.6 Å². The van der Waals surface area contributed by atoms with E-state index in [4.69, 9.17) is 0 Å². The molecule has 0 radical (unpaired) electrons. The van der Waals surface area contributed by atoms with Gasteiger partial charge in [-0.05, 0) is 36.6 Å². The molecular formula is C22H22N4O3S. The van der Waals surface area contributed by atoms with Crippen molar-refractivity contribution in [3.63, 3.8) is 0 Å². The van der Waals surface area contributed by atoms with Crippen LogP contribution >= 0.6 is 11.8 Å². The maximum absolute atomic E-state index is 13.0. The minimum Gasteiger partial charge on any atom is -0.338 e. The van der Waals surface area contributed by atoms with Crippen molar-refractivity contribution in [1.82, 2.24) is 14.9 Å². The summed E-state index contributed by atoms with van der Waals surface area (Å²) in [6.45, 7) is 0.521. The molecule has 4 rings (SSSR count). The second-order valence-corrected chi connectivity index (χ2v) is 8.21. The van der Waals surface area contributed by atoms with E-state index in [-0.39, 0.29) is 30.3 Å². The number of amides is 2. The molecule has 7 nitrogen and oxygen atoms in total. The summed E-state index contributed by atoms with van der Waals surface area (Å²) in [6.07, 6.45) is 2.16. The van der Waals surface area contributed by atoms with E-state index in [1.165, 1.54) is 4.90 Å². The molecule has 0 aliphatic carbocycles. The molecule has 1 N–H and O–H groups in total. The molecule has 3 aromatic rings. The van der Waals surface area contributed by atoms with Gasteiger partial charge in [0.1, 0.15) is 5.82 Å². The normalized spacial score (nSPS) is 16.3. The summed E-state index contributed by atoms with van der Waals surface area (Å²) in [7, 11) is 1.67. The van der Waals surface area contributed by atoms with Crippen molar-refractivity contribution in [1.29, 1.82) is 0 Å². The number of rotatable bonds is 5. The molecule has 1 atom stereocenters. The van der Waals surface area contributed by atoms with Gasteiger partial charge in [0, 0.05) is 30.6 Å². The fourth-order valence-corrected chi connectivity index (χ4v) is 4.18. The van der Waals surface area contributed by atoms with Gasteiger partial charge >= 0.3 is 0 Å². The molecule has 1 aliphatic rings. The number of carbonyl (C=O) groups excluding carboxylic acids is 2. The monoisotopic (exact) mass is 422 g/mol. The number of hydrogen-bond donors (Lipinski definition) is 1. The van der Waals surface area contributed by atoms with Crippen LogP contribution < -0.4 is 10.5 Å². The van der Waals surface area contributed by atoms with Crippen molar-refractivity contribution in [3.05, 3.63) is 64.7 Å². The highest BCUT2D eigenvalue weighted by Gasteiger charge is 2.36. The number of para-hydroxylation sites is 1. The Kier molecular flexibility index (Phi) is 5.59. The zero-order valence-electron chi connectivity index (χ0n) is 16.8. The van der Waals surface area contributed by atoms with E-state index < -0.39 is 5.92 Å². The van der Waals surface area contributed by atoms with Crippen LogP contribution in [0.15, 0.2) is 58.2 Å². The highest BCUT2D eigenvalue weighted by molar-refractivity contribution is 7.98. The molecule has 0 spiro atoms. The van der Waals surface area contributed by atoms with Gasteiger partial charge in [-0.3, -0.25) is 14.4 Å². The van der Waals surface area contributed by atoms with Crippen molar-refractivity contribution in [2.24, 2.45) is 5.92 Å². The van der Waals surface area contributed by atoms with Gasteiger partial charge in [0.2, 0.25) is 11.8 Å². The lowest BCUT2D eigenvalue weighted by molar-refractivity contribution is -0.135. The lowest BCUT2D eigenvalue weighted by atomic mass is 10.1. The van der Waals surface area contributed by atoms with Crippen LogP contribution in [0.3, 0.4) is 0 Å². The van der Waals surface area contributed by atoms with E-state index in [1.54, 1.807) is 41.9 Å². The van der Waals surface area contributed by atoms with Gasteiger partial charge in [-0.1, -0.05) is 18.2 Å². The number of fused-ring (bicyclic) bond motifs is 1. The van der Waals surface area contributed by atoms with Crippen molar-refractivity contribution in [2.45, 2.75) is 17.9 Å². The van der Waals surface area contributed by atoms with Crippen LogP contribution in [0.1, 0.15) is 12.2 Å². The van der Waals surface area contributed by atoms with Crippen LogP contribution in [0.4, 0.5) is 5.69 Å². The predicted octanol–water partition coefficient (Wildman–Crippen LogP) is 2.66. The Labute approximate surface area is 178 Å². The number of aromatic amines is 1. The number of benzene rings is 2. The molecule has 0 bridgehead atoms. The Morgan fingerprint density at radius 3 is 2.83 bits per heavy atom. The lowest BCUT2D eigenvalue weighted by Crippen LogP contribution is -2.35. The van der Waals surface area contributed by atoms with Crippen LogP contribution in [-0.2, 0) is 16.1 Å². The summed E-state index contributed by atoms with van der Waals surface area (Å²) in [6, 6.07) is 14.8. The molecule has 1 saturated heterocycles. The van der Waals surface area contributed by atoms with Gasteiger partial charge in [0.25, 0.3) is 5.56 Å². The number of anilines is 1. The second-order valence-electron chi connectivity index (χ2n) is 7.33. The number of nitrogens with zero attached hydrogens (tertiary/aromatic N) is 3. The molecule has 1 fully saturated rings. The standard InChI is InChI=1S/C22H22N4O3S/c1-25(13-19-23-18-9-4-3-8-17(18)21(28)24-19)22(29)14-10-20(27)26(12-14)15-6-5-7-16(11-15)30-2/h3-9,11,14H,10,12-13H2,1-2H3,(H,23,24,28). The van der Waals surface area contributed by atoms with E-state index >= 15 is 0 Å². The molecule has 2 amide bonds. The molecule has 0 saturated carbocycles.